The smallest absolute Gasteiger partial charge is 0.322 e. The van der Waals surface area contributed by atoms with Gasteiger partial charge in [0, 0.05) is 25.5 Å². The van der Waals surface area contributed by atoms with Gasteiger partial charge in [-0.1, -0.05) is 6.58 Å². The average molecular weight is 360 g/mol. The molecule has 1 atom stereocenters. The normalized spacial score (nSPS) is 14.4. The number of urea groups is 1. The second-order valence-corrected chi connectivity index (χ2v) is 6.08. The van der Waals surface area contributed by atoms with Crippen molar-refractivity contribution in [3.05, 3.63) is 30.5 Å². The zero-order valence-electron chi connectivity index (χ0n) is 15.9. The van der Waals surface area contributed by atoms with E-state index in [0.717, 1.165) is 29.4 Å². The van der Waals surface area contributed by atoms with Crippen molar-refractivity contribution in [2.75, 3.05) is 50.6 Å². The number of fused-ring (bicyclic) bond motifs is 1. The van der Waals surface area contributed by atoms with E-state index in [1.165, 1.54) is 0 Å². The van der Waals surface area contributed by atoms with Crippen LogP contribution >= 0.6 is 0 Å². The van der Waals surface area contributed by atoms with Gasteiger partial charge in [-0.05, 0) is 32.2 Å². The molecule has 0 bridgehead atoms. The van der Waals surface area contributed by atoms with Crippen molar-refractivity contribution in [1.82, 2.24) is 16.0 Å². The number of hydrogen-bond acceptors (Lipinski definition) is 5. The van der Waals surface area contributed by atoms with Gasteiger partial charge in [0.05, 0.1) is 31.3 Å². The van der Waals surface area contributed by atoms with Crippen LogP contribution in [0.3, 0.4) is 0 Å². The van der Waals surface area contributed by atoms with Crippen LogP contribution < -0.4 is 30.5 Å². The molecule has 0 spiro atoms. The van der Waals surface area contributed by atoms with Crippen LogP contribution in [0.1, 0.15) is 6.92 Å². The summed E-state index contributed by atoms with van der Waals surface area (Å²) in [7, 11) is 5.24. The zero-order chi connectivity index (χ0) is 19.1. The molecule has 26 heavy (non-hydrogen) atoms. The lowest BCUT2D eigenvalue weighted by Crippen LogP contribution is -2.47. The Morgan fingerprint density at radius 3 is 3.00 bits per heavy atom. The van der Waals surface area contributed by atoms with Crippen LogP contribution in [0.15, 0.2) is 35.5 Å². The second-order valence-electron chi connectivity index (χ2n) is 6.08. The SMILES string of the molecule is C=C(CN1CCOc2ccc(N(C)C(=O)NC(C)NC)cc21)NC=NC. The van der Waals surface area contributed by atoms with E-state index in [9.17, 15) is 4.79 Å². The lowest BCUT2D eigenvalue weighted by Gasteiger charge is -2.33. The summed E-state index contributed by atoms with van der Waals surface area (Å²) in [5.74, 6) is 0.800. The standard InChI is InChI=1S/C18H28N6O2/c1-13(21-12-19-3)11-24-8-9-26-17-7-6-15(10-16(17)24)23(5)18(25)22-14(2)20-4/h6-7,10,12,14,20H,1,8-9,11H2,2-5H3,(H,19,21)(H,22,25). The van der Waals surface area contributed by atoms with E-state index in [-0.39, 0.29) is 12.2 Å². The molecular weight excluding hydrogens is 332 g/mol. The lowest BCUT2D eigenvalue weighted by molar-refractivity contribution is 0.243. The van der Waals surface area contributed by atoms with E-state index in [4.69, 9.17) is 4.74 Å². The molecule has 2 amide bonds. The maximum absolute atomic E-state index is 12.3. The van der Waals surface area contributed by atoms with Gasteiger partial charge in [-0.15, -0.1) is 0 Å². The van der Waals surface area contributed by atoms with Crippen LogP contribution in [0.25, 0.3) is 0 Å². The third kappa shape index (κ3) is 4.89. The largest absolute Gasteiger partial charge is 0.490 e. The number of ether oxygens (including phenoxy) is 1. The number of anilines is 2. The molecule has 0 aliphatic carbocycles. The van der Waals surface area contributed by atoms with Gasteiger partial charge in [0.25, 0.3) is 0 Å². The molecule has 142 valence electrons. The molecule has 8 heteroatoms. The topological polar surface area (TPSA) is 81.2 Å². The summed E-state index contributed by atoms with van der Waals surface area (Å²) in [6.07, 6.45) is 1.50. The monoisotopic (exact) mass is 360 g/mol. The highest BCUT2D eigenvalue weighted by Gasteiger charge is 2.21. The van der Waals surface area contributed by atoms with Gasteiger partial charge in [-0.3, -0.25) is 9.89 Å². The molecule has 0 radical (unpaired) electrons. The number of benzene rings is 1. The van der Waals surface area contributed by atoms with Crippen LogP contribution in [0.5, 0.6) is 5.75 Å². The molecule has 0 fully saturated rings. The quantitative estimate of drug-likeness (QED) is 0.389. The first-order valence-corrected chi connectivity index (χ1v) is 8.54. The molecule has 0 saturated carbocycles. The highest BCUT2D eigenvalue weighted by atomic mass is 16.5. The molecule has 1 aromatic carbocycles. The third-order valence-corrected chi connectivity index (χ3v) is 4.15. The first-order chi connectivity index (χ1) is 12.5. The molecule has 0 saturated heterocycles. The van der Waals surface area contributed by atoms with E-state index in [2.05, 4.69) is 32.4 Å². The fraction of sp³-hybridized carbons (Fsp3) is 0.444. The minimum absolute atomic E-state index is 0.114. The van der Waals surface area contributed by atoms with Crippen molar-refractivity contribution in [3.8, 4) is 5.75 Å². The fourth-order valence-corrected chi connectivity index (χ4v) is 2.54. The molecule has 1 unspecified atom stereocenters. The van der Waals surface area contributed by atoms with E-state index in [1.54, 1.807) is 32.4 Å². The van der Waals surface area contributed by atoms with Crippen LogP contribution in [-0.2, 0) is 0 Å². The van der Waals surface area contributed by atoms with Crippen molar-refractivity contribution < 1.29 is 9.53 Å². The number of hydrogen-bond donors (Lipinski definition) is 3. The Morgan fingerprint density at radius 2 is 2.31 bits per heavy atom. The summed E-state index contributed by atoms with van der Waals surface area (Å²) in [6.45, 7) is 7.88. The lowest BCUT2D eigenvalue weighted by atomic mass is 10.2. The zero-order valence-corrected chi connectivity index (χ0v) is 15.9. The van der Waals surface area contributed by atoms with E-state index in [1.807, 2.05) is 25.1 Å². The fourth-order valence-electron chi connectivity index (χ4n) is 2.54. The molecule has 1 heterocycles. The maximum Gasteiger partial charge on any atom is 0.322 e. The number of carbonyl (C=O) groups excluding carboxylic acids is 1. The Kier molecular flexibility index (Phi) is 6.85. The van der Waals surface area contributed by atoms with Crippen molar-refractivity contribution in [2.24, 2.45) is 4.99 Å². The Hall–Kier alpha value is -2.74. The van der Waals surface area contributed by atoms with Crippen molar-refractivity contribution in [3.63, 3.8) is 0 Å². The summed E-state index contributed by atoms with van der Waals surface area (Å²) >= 11 is 0. The Labute approximate surface area is 154 Å². The number of rotatable bonds is 7. The number of nitrogens with zero attached hydrogens (tertiary/aromatic N) is 3. The molecule has 3 N–H and O–H groups in total. The number of carbonyl (C=O) groups is 1. The molecule has 1 aliphatic heterocycles. The summed E-state index contributed by atoms with van der Waals surface area (Å²) in [5, 5.41) is 8.89. The van der Waals surface area contributed by atoms with E-state index >= 15 is 0 Å². The molecular formula is C18H28N6O2. The summed E-state index contributed by atoms with van der Waals surface area (Å²) < 4.78 is 5.75. The Morgan fingerprint density at radius 1 is 1.54 bits per heavy atom. The molecule has 0 aromatic heterocycles. The minimum Gasteiger partial charge on any atom is -0.490 e. The molecule has 2 rings (SSSR count). The molecule has 1 aromatic rings. The predicted octanol–water partition coefficient (Wildman–Crippen LogP) is 1.36. The molecule has 8 nitrogen and oxygen atoms in total. The maximum atomic E-state index is 12.3. The van der Waals surface area contributed by atoms with Gasteiger partial charge in [0.15, 0.2) is 0 Å². The highest BCUT2D eigenvalue weighted by Crippen LogP contribution is 2.35. The molecule has 1 aliphatic rings. The third-order valence-electron chi connectivity index (χ3n) is 4.15. The number of amides is 2. The van der Waals surface area contributed by atoms with Crippen LogP contribution in [0.4, 0.5) is 16.2 Å². The van der Waals surface area contributed by atoms with Gasteiger partial charge in [-0.2, -0.15) is 0 Å². The highest BCUT2D eigenvalue weighted by molar-refractivity contribution is 5.92. The Balaban J connectivity index is 2.16. The first-order valence-electron chi connectivity index (χ1n) is 8.54. The van der Waals surface area contributed by atoms with Crippen LogP contribution in [0.2, 0.25) is 0 Å². The van der Waals surface area contributed by atoms with Crippen LogP contribution in [-0.4, -0.2) is 59.4 Å². The first kappa shape index (κ1) is 19.6. The van der Waals surface area contributed by atoms with Crippen molar-refractivity contribution >= 4 is 23.7 Å². The van der Waals surface area contributed by atoms with Crippen LogP contribution in [0, 0.1) is 0 Å². The van der Waals surface area contributed by atoms with Crippen molar-refractivity contribution in [2.45, 2.75) is 13.1 Å². The average Bonchev–Trinajstić information content (AvgIpc) is 2.65. The van der Waals surface area contributed by atoms with E-state index < -0.39 is 0 Å². The number of nitrogens with one attached hydrogen (secondary N) is 3. The Bertz CT molecular complexity index is 676. The number of aliphatic imine (C=N–C) groups is 1. The summed E-state index contributed by atoms with van der Waals surface area (Å²) in [5.41, 5.74) is 2.56. The second kappa shape index (κ2) is 9.10. The van der Waals surface area contributed by atoms with Gasteiger partial charge >= 0.3 is 6.03 Å². The van der Waals surface area contributed by atoms with Gasteiger partial charge < -0.3 is 25.6 Å². The summed E-state index contributed by atoms with van der Waals surface area (Å²) in [4.78, 5) is 20.0. The predicted molar refractivity (Wildman–Crippen MR) is 106 cm³/mol. The van der Waals surface area contributed by atoms with Gasteiger partial charge in [0.1, 0.15) is 12.4 Å². The minimum atomic E-state index is -0.180. The van der Waals surface area contributed by atoms with Gasteiger partial charge in [0.2, 0.25) is 0 Å². The summed E-state index contributed by atoms with van der Waals surface area (Å²) in [6, 6.07) is 5.55. The van der Waals surface area contributed by atoms with E-state index in [0.29, 0.717) is 13.2 Å². The van der Waals surface area contributed by atoms with Gasteiger partial charge in [-0.25, -0.2) is 4.79 Å². The van der Waals surface area contributed by atoms with Crippen molar-refractivity contribution in [1.29, 1.82) is 0 Å².